The van der Waals surface area contributed by atoms with Crippen molar-refractivity contribution in [3.8, 4) is 0 Å². The molecular formula is C27H42N+. The molecule has 0 fully saturated rings. The van der Waals surface area contributed by atoms with Crippen molar-refractivity contribution in [3.63, 3.8) is 0 Å². The first kappa shape index (κ1) is 22.7. The van der Waals surface area contributed by atoms with Gasteiger partial charge in [-0.25, -0.2) is 0 Å². The molecule has 0 amide bonds. The van der Waals surface area contributed by atoms with Crippen LogP contribution in [0.3, 0.4) is 0 Å². The highest BCUT2D eigenvalue weighted by atomic mass is 15.0. The van der Waals surface area contributed by atoms with Gasteiger partial charge in [0.05, 0.1) is 0 Å². The molecule has 1 aromatic heterocycles. The smallest absolute Gasteiger partial charge is 0.183 e. The normalized spacial score (nSPS) is 12.2. The highest BCUT2D eigenvalue weighted by Crippen LogP contribution is 2.16. The van der Waals surface area contributed by atoms with E-state index in [1.807, 2.05) is 0 Å². The van der Waals surface area contributed by atoms with Crippen molar-refractivity contribution in [2.45, 2.75) is 103 Å². The number of pyridine rings is 1. The maximum absolute atomic E-state index is 2.36. The quantitative estimate of drug-likeness (QED) is 0.219. The number of hydrogen-bond acceptors (Lipinski definition) is 0. The molecule has 0 aliphatic heterocycles. The molecule has 1 atom stereocenters. The first-order valence-electron chi connectivity index (χ1n) is 11.9. The summed E-state index contributed by atoms with van der Waals surface area (Å²) < 4.78 is 2.36. The second-order valence-corrected chi connectivity index (χ2v) is 8.27. The highest BCUT2D eigenvalue weighted by molar-refractivity contribution is 5.17. The van der Waals surface area contributed by atoms with E-state index in [0.29, 0.717) is 6.04 Å². The lowest BCUT2D eigenvalue weighted by atomic mass is 10.0. The number of aromatic nitrogens is 1. The van der Waals surface area contributed by atoms with E-state index in [2.05, 4.69) is 73.3 Å². The van der Waals surface area contributed by atoms with Gasteiger partial charge in [-0.3, -0.25) is 0 Å². The fourth-order valence-corrected chi connectivity index (χ4v) is 4.13. The number of hydrogen-bond donors (Lipinski definition) is 0. The SMILES string of the molecule is CCCCCCCCCCCCCc1cc[n+](C(CC)c2ccccc2)cc1. The standard InChI is InChI=1S/C27H42N/c1-3-5-6-7-8-9-10-11-12-13-15-18-25-21-23-28(24-22-25)27(4-2)26-19-16-14-17-20-26/h14,16-17,19-24,27H,3-13,15,18H2,1-2H3/q+1. The molecule has 1 nitrogen and oxygen atoms in total. The van der Waals surface area contributed by atoms with Gasteiger partial charge in [0.25, 0.3) is 0 Å². The fourth-order valence-electron chi connectivity index (χ4n) is 4.13. The topological polar surface area (TPSA) is 3.88 Å². The number of aryl methyl sites for hydroxylation is 1. The molecule has 0 aliphatic rings. The van der Waals surface area contributed by atoms with E-state index in [1.54, 1.807) is 0 Å². The van der Waals surface area contributed by atoms with E-state index in [1.165, 1.54) is 88.2 Å². The van der Waals surface area contributed by atoms with Crippen LogP contribution in [0, 0.1) is 0 Å². The molecule has 0 saturated carbocycles. The zero-order valence-corrected chi connectivity index (χ0v) is 18.4. The summed E-state index contributed by atoms with van der Waals surface area (Å²) in [5.74, 6) is 0. The van der Waals surface area contributed by atoms with E-state index in [4.69, 9.17) is 0 Å². The van der Waals surface area contributed by atoms with Crippen molar-refractivity contribution in [2.75, 3.05) is 0 Å². The van der Waals surface area contributed by atoms with Crippen LogP contribution in [0.2, 0.25) is 0 Å². The molecule has 1 aromatic carbocycles. The molecular weight excluding hydrogens is 338 g/mol. The molecule has 0 spiro atoms. The molecule has 2 aromatic rings. The minimum atomic E-state index is 0.442. The van der Waals surface area contributed by atoms with E-state index in [0.717, 1.165) is 6.42 Å². The van der Waals surface area contributed by atoms with Crippen LogP contribution < -0.4 is 4.57 Å². The zero-order chi connectivity index (χ0) is 19.9. The number of benzene rings is 1. The molecule has 0 N–H and O–H groups in total. The Hall–Kier alpha value is -1.63. The predicted octanol–water partition coefficient (Wildman–Crippen LogP) is 7.83. The van der Waals surface area contributed by atoms with Crippen LogP contribution in [-0.2, 0) is 6.42 Å². The van der Waals surface area contributed by atoms with Crippen molar-refractivity contribution < 1.29 is 4.57 Å². The molecule has 0 aliphatic carbocycles. The monoisotopic (exact) mass is 380 g/mol. The van der Waals surface area contributed by atoms with Gasteiger partial charge in [0.2, 0.25) is 0 Å². The second kappa shape index (κ2) is 14.4. The van der Waals surface area contributed by atoms with Crippen molar-refractivity contribution in [1.82, 2.24) is 0 Å². The molecule has 1 heteroatoms. The maximum atomic E-state index is 2.36. The van der Waals surface area contributed by atoms with Gasteiger partial charge >= 0.3 is 0 Å². The predicted molar refractivity (Wildman–Crippen MR) is 122 cm³/mol. The van der Waals surface area contributed by atoms with Crippen LogP contribution in [0.5, 0.6) is 0 Å². The van der Waals surface area contributed by atoms with Crippen LogP contribution >= 0.6 is 0 Å². The largest absolute Gasteiger partial charge is 0.198 e. The zero-order valence-electron chi connectivity index (χ0n) is 18.4. The van der Waals surface area contributed by atoms with E-state index in [-0.39, 0.29) is 0 Å². The van der Waals surface area contributed by atoms with Crippen molar-refractivity contribution in [2.24, 2.45) is 0 Å². The minimum Gasteiger partial charge on any atom is -0.198 e. The Balaban J connectivity index is 1.60. The van der Waals surface area contributed by atoms with Crippen molar-refractivity contribution >= 4 is 0 Å². The van der Waals surface area contributed by atoms with Crippen molar-refractivity contribution in [3.05, 3.63) is 66.0 Å². The third-order valence-corrected chi connectivity index (χ3v) is 5.92. The molecule has 1 unspecified atom stereocenters. The third kappa shape index (κ3) is 8.59. The Morgan fingerprint density at radius 1 is 0.643 bits per heavy atom. The maximum Gasteiger partial charge on any atom is 0.183 e. The lowest BCUT2D eigenvalue weighted by molar-refractivity contribution is -0.714. The van der Waals surface area contributed by atoms with Gasteiger partial charge in [0.15, 0.2) is 18.4 Å². The lowest BCUT2D eigenvalue weighted by Crippen LogP contribution is -2.39. The van der Waals surface area contributed by atoms with Gasteiger partial charge in [-0.1, -0.05) is 108 Å². The molecule has 28 heavy (non-hydrogen) atoms. The van der Waals surface area contributed by atoms with E-state index < -0.39 is 0 Å². The summed E-state index contributed by atoms with van der Waals surface area (Å²) in [6, 6.07) is 15.9. The van der Waals surface area contributed by atoms with Gasteiger partial charge < -0.3 is 0 Å². The number of rotatable bonds is 15. The Kier molecular flexibility index (Phi) is 11.6. The summed E-state index contributed by atoms with van der Waals surface area (Å²) in [6.07, 6.45) is 22.4. The number of nitrogens with zero attached hydrogens (tertiary/aromatic N) is 1. The number of unbranched alkanes of at least 4 members (excludes halogenated alkanes) is 10. The summed E-state index contributed by atoms with van der Waals surface area (Å²) in [5.41, 5.74) is 2.88. The average molecular weight is 381 g/mol. The molecule has 0 bridgehead atoms. The van der Waals surface area contributed by atoms with Gasteiger partial charge in [0, 0.05) is 24.1 Å². The summed E-state index contributed by atoms with van der Waals surface area (Å²) in [5, 5.41) is 0. The summed E-state index contributed by atoms with van der Waals surface area (Å²) in [6.45, 7) is 4.56. The molecule has 2 rings (SSSR count). The molecule has 0 saturated heterocycles. The van der Waals surface area contributed by atoms with E-state index in [9.17, 15) is 0 Å². The molecule has 0 radical (unpaired) electrons. The van der Waals surface area contributed by atoms with Crippen LogP contribution in [0.4, 0.5) is 0 Å². The summed E-state index contributed by atoms with van der Waals surface area (Å²) in [4.78, 5) is 0. The highest BCUT2D eigenvalue weighted by Gasteiger charge is 2.17. The Morgan fingerprint density at radius 2 is 1.18 bits per heavy atom. The van der Waals surface area contributed by atoms with Gasteiger partial charge in [-0.05, 0) is 18.4 Å². The van der Waals surface area contributed by atoms with Gasteiger partial charge in [-0.2, -0.15) is 4.57 Å². The van der Waals surface area contributed by atoms with E-state index >= 15 is 0 Å². The minimum absolute atomic E-state index is 0.442. The van der Waals surface area contributed by atoms with Crippen LogP contribution in [0.1, 0.15) is 108 Å². The Labute approximate surface area is 174 Å². The first-order valence-corrected chi connectivity index (χ1v) is 11.9. The van der Waals surface area contributed by atoms with Crippen LogP contribution in [0.25, 0.3) is 0 Å². The van der Waals surface area contributed by atoms with Gasteiger partial charge in [0.1, 0.15) is 0 Å². The van der Waals surface area contributed by atoms with Crippen LogP contribution in [-0.4, -0.2) is 0 Å². The van der Waals surface area contributed by atoms with Gasteiger partial charge in [-0.15, -0.1) is 0 Å². The molecule has 154 valence electrons. The van der Waals surface area contributed by atoms with Crippen LogP contribution in [0.15, 0.2) is 54.9 Å². The average Bonchev–Trinajstić information content (AvgIpc) is 2.74. The summed E-state index contributed by atoms with van der Waals surface area (Å²) >= 11 is 0. The second-order valence-electron chi connectivity index (χ2n) is 8.27. The fraction of sp³-hybridized carbons (Fsp3) is 0.593. The first-order chi connectivity index (χ1) is 13.8. The molecule has 1 heterocycles. The lowest BCUT2D eigenvalue weighted by Gasteiger charge is -2.11. The Morgan fingerprint density at radius 3 is 1.71 bits per heavy atom. The van der Waals surface area contributed by atoms with Crippen molar-refractivity contribution in [1.29, 1.82) is 0 Å². The Bertz CT molecular complexity index is 602. The third-order valence-electron chi connectivity index (χ3n) is 5.92. The summed E-state index contributed by atoms with van der Waals surface area (Å²) in [7, 11) is 0.